The van der Waals surface area contributed by atoms with Gasteiger partial charge in [0.1, 0.15) is 6.54 Å². The highest BCUT2D eigenvalue weighted by Crippen LogP contribution is 2.18. The van der Waals surface area contributed by atoms with E-state index in [0.717, 1.165) is 18.7 Å². The Morgan fingerprint density at radius 3 is 2.82 bits per heavy atom. The third kappa shape index (κ3) is 3.56. The van der Waals surface area contributed by atoms with Crippen LogP contribution in [-0.4, -0.2) is 29.1 Å². The van der Waals surface area contributed by atoms with E-state index in [9.17, 15) is 4.79 Å². The summed E-state index contributed by atoms with van der Waals surface area (Å²) < 4.78 is 1.88. The molecule has 5 nitrogen and oxygen atoms in total. The fourth-order valence-electron chi connectivity index (χ4n) is 1.57. The molecule has 1 aromatic heterocycles. The molecule has 17 heavy (non-hydrogen) atoms. The lowest BCUT2D eigenvalue weighted by molar-refractivity contribution is -0.121. The number of hydrogen-bond donors (Lipinski definition) is 2. The molecule has 0 unspecified atom stereocenters. The van der Waals surface area contributed by atoms with Crippen molar-refractivity contribution in [3.8, 4) is 0 Å². The van der Waals surface area contributed by atoms with Crippen LogP contribution in [0.4, 0.5) is 0 Å². The number of hydrogen-bond acceptors (Lipinski definition) is 3. The van der Waals surface area contributed by atoms with Crippen molar-refractivity contribution in [2.45, 2.75) is 39.3 Å². The summed E-state index contributed by atoms with van der Waals surface area (Å²) >= 11 is 0. The van der Waals surface area contributed by atoms with Gasteiger partial charge < -0.3 is 15.2 Å². The zero-order valence-corrected chi connectivity index (χ0v) is 11.1. The molecular weight excluding hydrogens is 216 g/mol. The summed E-state index contributed by atoms with van der Waals surface area (Å²) in [7, 11) is 1.90. The first-order valence-electron chi connectivity index (χ1n) is 5.97. The number of nitrogens with zero attached hydrogens (tertiary/aromatic N) is 2. The molecule has 1 heterocycles. The molecule has 2 N–H and O–H groups in total. The molecule has 0 atom stereocenters. The lowest BCUT2D eigenvalue weighted by Gasteiger charge is -2.25. The maximum Gasteiger partial charge on any atom is 0.239 e. The lowest BCUT2D eigenvalue weighted by atomic mass is 10.0. The number of imidazole rings is 1. The van der Waals surface area contributed by atoms with E-state index in [-0.39, 0.29) is 11.4 Å². The molecule has 0 aliphatic rings. The van der Waals surface area contributed by atoms with Crippen molar-refractivity contribution in [1.29, 1.82) is 0 Å². The Hall–Kier alpha value is -1.36. The van der Waals surface area contributed by atoms with Crippen LogP contribution in [0.15, 0.2) is 12.5 Å². The van der Waals surface area contributed by atoms with Crippen LogP contribution in [0.1, 0.15) is 32.9 Å². The van der Waals surface area contributed by atoms with Crippen LogP contribution >= 0.6 is 0 Å². The van der Waals surface area contributed by atoms with Gasteiger partial charge in [-0.1, -0.05) is 6.92 Å². The summed E-state index contributed by atoms with van der Waals surface area (Å²) in [4.78, 5) is 15.8. The predicted molar refractivity (Wildman–Crippen MR) is 67.6 cm³/mol. The summed E-state index contributed by atoms with van der Waals surface area (Å²) in [5.41, 5.74) is 0.813. The lowest BCUT2D eigenvalue weighted by Crippen LogP contribution is -2.37. The highest BCUT2D eigenvalue weighted by molar-refractivity contribution is 5.75. The van der Waals surface area contributed by atoms with Crippen LogP contribution in [0.2, 0.25) is 0 Å². The van der Waals surface area contributed by atoms with Gasteiger partial charge >= 0.3 is 0 Å². The minimum absolute atomic E-state index is 0.0259. The van der Waals surface area contributed by atoms with Gasteiger partial charge in [0, 0.05) is 6.54 Å². The number of amides is 1. The van der Waals surface area contributed by atoms with E-state index >= 15 is 0 Å². The van der Waals surface area contributed by atoms with Crippen molar-refractivity contribution in [2.24, 2.45) is 0 Å². The quantitative estimate of drug-likeness (QED) is 0.773. The Bertz CT molecular complexity index is 370. The van der Waals surface area contributed by atoms with Gasteiger partial charge in [-0.05, 0) is 27.3 Å². The molecule has 0 aliphatic heterocycles. The molecular formula is C12H22N4O. The van der Waals surface area contributed by atoms with Crippen molar-refractivity contribution in [1.82, 2.24) is 20.2 Å². The Balaban J connectivity index is 2.73. The van der Waals surface area contributed by atoms with Crippen LogP contribution in [0.5, 0.6) is 0 Å². The zero-order chi connectivity index (χ0) is 12.9. The number of carbonyl (C=O) groups is 1. The smallest absolute Gasteiger partial charge is 0.239 e. The van der Waals surface area contributed by atoms with E-state index in [0.29, 0.717) is 6.54 Å². The SMILES string of the molecule is CCCNC(=O)Cn1cncc1C(C)(C)NC. The summed E-state index contributed by atoms with van der Waals surface area (Å²) in [5.74, 6) is 0.0259. The molecule has 1 aromatic rings. The van der Waals surface area contributed by atoms with Crippen molar-refractivity contribution in [3.05, 3.63) is 18.2 Å². The molecule has 0 fully saturated rings. The molecule has 0 saturated carbocycles. The first-order chi connectivity index (χ1) is 8.01. The van der Waals surface area contributed by atoms with Crippen LogP contribution in [0.3, 0.4) is 0 Å². The van der Waals surface area contributed by atoms with E-state index in [1.165, 1.54) is 0 Å². The largest absolute Gasteiger partial charge is 0.355 e. The van der Waals surface area contributed by atoms with Crippen molar-refractivity contribution >= 4 is 5.91 Å². The molecule has 0 saturated heterocycles. The highest BCUT2D eigenvalue weighted by atomic mass is 16.1. The molecule has 0 aromatic carbocycles. The molecule has 1 amide bonds. The average Bonchev–Trinajstić information content (AvgIpc) is 2.75. The summed E-state index contributed by atoms with van der Waals surface area (Å²) in [6.07, 6.45) is 4.44. The third-order valence-electron chi connectivity index (χ3n) is 2.86. The Kier molecular flexibility index (Phi) is 4.69. The highest BCUT2D eigenvalue weighted by Gasteiger charge is 2.22. The van der Waals surface area contributed by atoms with Gasteiger partial charge in [0.25, 0.3) is 0 Å². The topological polar surface area (TPSA) is 59.0 Å². The van der Waals surface area contributed by atoms with Gasteiger partial charge in [-0.3, -0.25) is 4.79 Å². The number of nitrogens with one attached hydrogen (secondary N) is 2. The second kappa shape index (κ2) is 5.82. The Labute approximate surface area is 103 Å². The van der Waals surface area contributed by atoms with Crippen molar-refractivity contribution < 1.29 is 4.79 Å². The van der Waals surface area contributed by atoms with Gasteiger partial charge in [0.05, 0.1) is 23.8 Å². The fraction of sp³-hybridized carbons (Fsp3) is 0.667. The van der Waals surface area contributed by atoms with Crippen molar-refractivity contribution in [2.75, 3.05) is 13.6 Å². The van der Waals surface area contributed by atoms with E-state index in [1.807, 2.05) is 18.5 Å². The molecule has 5 heteroatoms. The molecule has 0 aliphatic carbocycles. The predicted octanol–water partition coefficient (Wildman–Crippen LogP) is 0.864. The fourth-order valence-corrected chi connectivity index (χ4v) is 1.57. The van der Waals surface area contributed by atoms with E-state index in [4.69, 9.17) is 0 Å². The number of rotatable bonds is 6. The molecule has 1 rings (SSSR count). The monoisotopic (exact) mass is 238 g/mol. The van der Waals surface area contributed by atoms with Crippen molar-refractivity contribution in [3.63, 3.8) is 0 Å². The first-order valence-corrected chi connectivity index (χ1v) is 5.97. The zero-order valence-electron chi connectivity index (χ0n) is 11.1. The first kappa shape index (κ1) is 13.7. The van der Waals surface area contributed by atoms with Gasteiger partial charge in [-0.15, -0.1) is 0 Å². The van der Waals surface area contributed by atoms with E-state index < -0.39 is 0 Å². The normalized spacial score (nSPS) is 11.5. The van der Waals surface area contributed by atoms with Crippen LogP contribution < -0.4 is 10.6 Å². The summed E-state index contributed by atoms with van der Waals surface area (Å²) in [5, 5.41) is 6.07. The number of aromatic nitrogens is 2. The maximum absolute atomic E-state index is 11.7. The van der Waals surface area contributed by atoms with Gasteiger partial charge in [0.15, 0.2) is 0 Å². The van der Waals surface area contributed by atoms with Crippen LogP contribution in [0, 0.1) is 0 Å². The Morgan fingerprint density at radius 2 is 2.24 bits per heavy atom. The van der Waals surface area contributed by atoms with Crippen LogP contribution in [-0.2, 0) is 16.9 Å². The van der Waals surface area contributed by atoms with E-state index in [2.05, 4.69) is 29.5 Å². The Morgan fingerprint density at radius 1 is 1.53 bits per heavy atom. The average molecular weight is 238 g/mol. The molecule has 96 valence electrons. The second-order valence-corrected chi connectivity index (χ2v) is 4.63. The second-order valence-electron chi connectivity index (χ2n) is 4.63. The van der Waals surface area contributed by atoms with Gasteiger partial charge in [-0.2, -0.15) is 0 Å². The minimum atomic E-state index is -0.193. The maximum atomic E-state index is 11.7. The molecule has 0 bridgehead atoms. The third-order valence-corrected chi connectivity index (χ3v) is 2.86. The van der Waals surface area contributed by atoms with E-state index in [1.54, 1.807) is 12.5 Å². The molecule has 0 spiro atoms. The van der Waals surface area contributed by atoms with Gasteiger partial charge in [0.2, 0.25) is 5.91 Å². The van der Waals surface area contributed by atoms with Gasteiger partial charge in [-0.25, -0.2) is 4.98 Å². The summed E-state index contributed by atoms with van der Waals surface area (Å²) in [6, 6.07) is 0. The molecule has 0 radical (unpaired) electrons. The number of carbonyl (C=O) groups excluding carboxylic acids is 1. The summed E-state index contributed by atoms with van der Waals surface area (Å²) in [6.45, 7) is 7.20. The standard InChI is InChI=1S/C12H22N4O/c1-5-6-15-11(17)8-16-9-14-7-10(16)12(2,3)13-4/h7,9,13H,5-6,8H2,1-4H3,(H,15,17). The minimum Gasteiger partial charge on any atom is -0.355 e. The van der Waals surface area contributed by atoms with Crippen LogP contribution in [0.25, 0.3) is 0 Å².